The van der Waals surface area contributed by atoms with Gasteiger partial charge in [-0.05, 0) is 23.8 Å². The van der Waals surface area contributed by atoms with Crippen molar-refractivity contribution in [1.29, 1.82) is 0 Å². The number of esters is 1. The van der Waals surface area contributed by atoms with E-state index in [9.17, 15) is 13.2 Å². The summed E-state index contributed by atoms with van der Waals surface area (Å²) in [6.07, 6.45) is 1.05. The Bertz CT molecular complexity index is 508. The molecule has 0 amide bonds. The molecule has 0 fully saturated rings. The van der Waals surface area contributed by atoms with E-state index < -0.39 is 15.8 Å². The fraction of sp³-hybridized carbons (Fsp3) is 0.300. The zero-order valence-electron chi connectivity index (χ0n) is 8.86. The van der Waals surface area contributed by atoms with Crippen LogP contribution in [0.3, 0.4) is 0 Å². The van der Waals surface area contributed by atoms with Gasteiger partial charge in [0.1, 0.15) is 0 Å². The number of rotatable bonds is 3. The molecule has 6 heteroatoms. The van der Waals surface area contributed by atoms with Crippen molar-refractivity contribution in [3.63, 3.8) is 0 Å². The van der Waals surface area contributed by atoms with Crippen LogP contribution in [0.5, 0.6) is 0 Å². The zero-order chi connectivity index (χ0) is 12.3. The number of carbonyl (C=O) groups excluding carboxylic acids is 1. The smallest absolute Gasteiger partial charge is 0.310 e. The number of ether oxygens (including phenoxy) is 1. The zero-order valence-corrected chi connectivity index (χ0v) is 10.4. The summed E-state index contributed by atoms with van der Waals surface area (Å²) >= 11 is 5.84. The van der Waals surface area contributed by atoms with Gasteiger partial charge in [0, 0.05) is 11.3 Å². The summed E-state index contributed by atoms with van der Waals surface area (Å²) in [5, 5.41) is 0.345. The third-order valence-electron chi connectivity index (χ3n) is 2.01. The van der Waals surface area contributed by atoms with E-state index in [0.29, 0.717) is 10.6 Å². The van der Waals surface area contributed by atoms with E-state index in [1.807, 2.05) is 0 Å². The molecule has 0 radical (unpaired) electrons. The molecular formula is C10H11ClO4S. The van der Waals surface area contributed by atoms with Gasteiger partial charge in [-0.3, -0.25) is 4.79 Å². The lowest BCUT2D eigenvalue weighted by Crippen LogP contribution is -2.06. The first kappa shape index (κ1) is 13.0. The summed E-state index contributed by atoms with van der Waals surface area (Å²) in [6, 6.07) is 4.24. The van der Waals surface area contributed by atoms with E-state index in [1.54, 1.807) is 0 Å². The second kappa shape index (κ2) is 4.84. The number of methoxy groups -OCH3 is 1. The van der Waals surface area contributed by atoms with Gasteiger partial charge in [-0.2, -0.15) is 0 Å². The fourth-order valence-corrected chi connectivity index (χ4v) is 2.00. The summed E-state index contributed by atoms with van der Waals surface area (Å²) in [7, 11) is -2.03. The predicted octanol–water partition coefficient (Wildman–Crippen LogP) is 1.46. The normalized spacial score (nSPS) is 11.2. The second-order valence-corrected chi connectivity index (χ2v) is 5.70. The molecule has 0 spiro atoms. The van der Waals surface area contributed by atoms with Crippen molar-refractivity contribution in [1.82, 2.24) is 0 Å². The van der Waals surface area contributed by atoms with Crippen LogP contribution in [0.1, 0.15) is 5.56 Å². The van der Waals surface area contributed by atoms with E-state index in [1.165, 1.54) is 25.3 Å². The molecule has 88 valence electrons. The molecule has 1 aromatic rings. The van der Waals surface area contributed by atoms with Crippen molar-refractivity contribution in [3.05, 3.63) is 28.8 Å². The average molecular weight is 263 g/mol. The maximum absolute atomic E-state index is 11.3. The fourth-order valence-electron chi connectivity index (χ4n) is 1.14. The third-order valence-corrected chi connectivity index (χ3v) is 3.49. The number of hydrogen-bond acceptors (Lipinski definition) is 4. The van der Waals surface area contributed by atoms with Gasteiger partial charge in [0.25, 0.3) is 0 Å². The quantitative estimate of drug-likeness (QED) is 0.774. The van der Waals surface area contributed by atoms with Crippen LogP contribution in [0.4, 0.5) is 0 Å². The number of carbonyl (C=O) groups is 1. The molecule has 0 aliphatic carbocycles. The summed E-state index contributed by atoms with van der Waals surface area (Å²) < 4.78 is 27.1. The second-order valence-electron chi connectivity index (χ2n) is 3.28. The maximum atomic E-state index is 11.3. The molecule has 0 aliphatic heterocycles. The first-order valence-corrected chi connectivity index (χ1v) is 6.67. The number of benzene rings is 1. The van der Waals surface area contributed by atoms with E-state index in [0.717, 1.165) is 6.26 Å². The van der Waals surface area contributed by atoms with Crippen LogP contribution >= 0.6 is 11.6 Å². The highest BCUT2D eigenvalue weighted by Gasteiger charge is 2.12. The average Bonchev–Trinajstić information content (AvgIpc) is 2.19. The van der Waals surface area contributed by atoms with E-state index in [-0.39, 0.29) is 11.3 Å². The van der Waals surface area contributed by atoms with Crippen molar-refractivity contribution in [3.8, 4) is 0 Å². The third kappa shape index (κ3) is 3.21. The summed E-state index contributed by atoms with van der Waals surface area (Å²) in [6.45, 7) is 0. The van der Waals surface area contributed by atoms with Crippen molar-refractivity contribution in [2.75, 3.05) is 13.4 Å². The van der Waals surface area contributed by atoms with Gasteiger partial charge in [0.15, 0.2) is 9.84 Å². The molecule has 0 aliphatic rings. The first-order chi connectivity index (χ1) is 7.34. The molecule has 0 bridgehead atoms. The van der Waals surface area contributed by atoms with E-state index in [4.69, 9.17) is 11.6 Å². The Labute approximate surface area is 99.1 Å². The summed E-state index contributed by atoms with van der Waals surface area (Å²) in [5.74, 6) is -0.465. The molecule has 0 unspecified atom stereocenters. The molecule has 0 heterocycles. The van der Waals surface area contributed by atoms with Crippen molar-refractivity contribution >= 4 is 27.4 Å². The number of sulfone groups is 1. The van der Waals surface area contributed by atoms with E-state index >= 15 is 0 Å². The molecule has 0 N–H and O–H groups in total. The maximum Gasteiger partial charge on any atom is 0.310 e. The number of halogens is 1. The molecular weight excluding hydrogens is 252 g/mol. The van der Waals surface area contributed by atoms with Crippen LogP contribution in [0.25, 0.3) is 0 Å². The molecule has 0 saturated heterocycles. The molecule has 0 atom stereocenters. The van der Waals surface area contributed by atoms with Crippen LogP contribution in [0, 0.1) is 0 Å². The highest BCUT2D eigenvalue weighted by atomic mass is 35.5. The van der Waals surface area contributed by atoms with Crippen molar-refractivity contribution in [2.24, 2.45) is 0 Å². The standard InChI is InChI=1S/C10H11ClO4S/c1-15-10(12)6-7-5-8(16(2,13)14)3-4-9(7)11/h3-5H,6H2,1-2H3. The lowest BCUT2D eigenvalue weighted by atomic mass is 10.1. The molecule has 4 nitrogen and oxygen atoms in total. The lowest BCUT2D eigenvalue weighted by molar-refractivity contribution is -0.139. The Morgan fingerprint density at radius 1 is 1.44 bits per heavy atom. The van der Waals surface area contributed by atoms with Crippen LogP contribution in [0.15, 0.2) is 23.1 Å². The van der Waals surface area contributed by atoms with Gasteiger partial charge in [0.05, 0.1) is 18.4 Å². The summed E-state index contributed by atoms with van der Waals surface area (Å²) in [4.78, 5) is 11.2. The van der Waals surface area contributed by atoms with Crippen LogP contribution in [0.2, 0.25) is 5.02 Å². The molecule has 1 rings (SSSR count). The van der Waals surface area contributed by atoms with Gasteiger partial charge in [-0.1, -0.05) is 11.6 Å². The van der Waals surface area contributed by atoms with Gasteiger partial charge in [0.2, 0.25) is 0 Å². The molecule has 16 heavy (non-hydrogen) atoms. The molecule has 1 aromatic carbocycles. The highest BCUT2D eigenvalue weighted by Crippen LogP contribution is 2.21. The topological polar surface area (TPSA) is 60.4 Å². The van der Waals surface area contributed by atoms with Crippen LogP contribution in [-0.4, -0.2) is 27.8 Å². The van der Waals surface area contributed by atoms with Crippen LogP contribution < -0.4 is 0 Å². The Kier molecular flexibility index (Phi) is 3.93. The largest absolute Gasteiger partial charge is 0.469 e. The number of hydrogen-bond donors (Lipinski definition) is 0. The minimum absolute atomic E-state index is 0.0430. The van der Waals surface area contributed by atoms with Crippen molar-refractivity contribution < 1.29 is 17.9 Å². The van der Waals surface area contributed by atoms with Crippen LogP contribution in [-0.2, 0) is 25.8 Å². The Morgan fingerprint density at radius 3 is 2.56 bits per heavy atom. The molecule has 0 saturated carbocycles. The van der Waals surface area contributed by atoms with Gasteiger partial charge in [-0.15, -0.1) is 0 Å². The SMILES string of the molecule is COC(=O)Cc1cc(S(C)(=O)=O)ccc1Cl. The highest BCUT2D eigenvalue weighted by molar-refractivity contribution is 7.90. The van der Waals surface area contributed by atoms with Gasteiger partial charge >= 0.3 is 5.97 Å². The Balaban J connectivity index is 3.14. The first-order valence-electron chi connectivity index (χ1n) is 4.40. The Morgan fingerprint density at radius 2 is 2.06 bits per heavy atom. The lowest BCUT2D eigenvalue weighted by Gasteiger charge is -2.05. The summed E-state index contributed by atoms with van der Waals surface area (Å²) in [5.41, 5.74) is 0.441. The predicted molar refractivity (Wildman–Crippen MR) is 60.3 cm³/mol. The van der Waals surface area contributed by atoms with E-state index in [2.05, 4.69) is 4.74 Å². The monoisotopic (exact) mass is 262 g/mol. The molecule has 0 aromatic heterocycles. The minimum atomic E-state index is -3.30. The van der Waals surface area contributed by atoms with Crippen molar-refractivity contribution in [2.45, 2.75) is 11.3 Å². The Hall–Kier alpha value is -1.07. The van der Waals surface area contributed by atoms with Gasteiger partial charge < -0.3 is 4.74 Å². The minimum Gasteiger partial charge on any atom is -0.469 e. The van der Waals surface area contributed by atoms with Gasteiger partial charge in [-0.25, -0.2) is 8.42 Å².